The van der Waals surface area contributed by atoms with Gasteiger partial charge in [-0.25, -0.2) is 18.1 Å². The minimum atomic E-state index is -3.57. The highest BCUT2D eigenvalue weighted by Crippen LogP contribution is 2.24. The molecule has 1 N–H and O–H groups in total. The van der Waals surface area contributed by atoms with Gasteiger partial charge in [0.2, 0.25) is 10.0 Å². The molecule has 0 saturated carbocycles. The summed E-state index contributed by atoms with van der Waals surface area (Å²) in [5, 5.41) is 0. The minimum absolute atomic E-state index is 0.225. The fourth-order valence-electron chi connectivity index (χ4n) is 2.65. The Balaban J connectivity index is 1.79. The fourth-order valence-corrected chi connectivity index (χ4v) is 3.66. The third-order valence-electron chi connectivity index (χ3n) is 4.06. The van der Waals surface area contributed by atoms with Gasteiger partial charge in [0, 0.05) is 19.0 Å². The molecule has 0 saturated heterocycles. The van der Waals surface area contributed by atoms with Gasteiger partial charge in [0.15, 0.2) is 5.89 Å². The molecule has 0 unspecified atom stereocenters. The van der Waals surface area contributed by atoms with Gasteiger partial charge in [-0.1, -0.05) is 36.4 Å². The van der Waals surface area contributed by atoms with Crippen LogP contribution in [-0.4, -0.2) is 13.4 Å². The molecule has 0 aliphatic rings. The Hall–Kier alpha value is -2.44. The van der Waals surface area contributed by atoms with Crippen LogP contribution in [0, 0.1) is 20.8 Å². The monoisotopic (exact) mass is 356 g/mol. The zero-order chi connectivity index (χ0) is 18.0. The van der Waals surface area contributed by atoms with Gasteiger partial charge in [-0.05, 0) is 37.1 Å². The van der Waals surface area contributed by atoms with E-state index in [9.17, 15) is 8.42 Å². The highest BCUT2D eigenvalue weighted by atomic mass is 32.2. The van der Waals surface area contributed by atoms with Gasteiger partial charge in [-0.2, -0.15) is 0 Å². The maximum Gasteiger partial charge on any atom is 0.240 e. The number of hydrogen-bond acceptors (Lipinski definition) is 4. The third kappa shape index (κ3) is 3.81. The summed E-state index contributed by atoms with van der Waals surface area (Å²) in [4.78, 5) is 4.55. The lowest BCUT2D eigenvalue weighted by molar-refractivity contribution is 0.495. The molecule has 6 heteroatoms. The Morgan fingerprint density at radius 1 is 1.00 bits per heavy atom. The Bertz CT molecular complexity index is 990. The number of rotatable bonds is 5. The summed E-state index contributed by atoms with van der Waals surface area (Å²) in [7, 11) is -3.57. The molecular weight excluding hydrogens is 336 g/mol. The number of nitrogens with zero attached hydrogens (tertiary/aromatic N) is 1. The molecule has 1 heterocycles. The smallest absolute Gasteiger partial charge is 0.240 e. The van der Waals surface area contributed by atoms with Crippen LogP contribution < -0.4 is 4.72 Å². The van der Waals surface area contributed by atoms with Crippen LogP contribution in [0.2, 0.25) is 0 Å². The van der Waals surface area contributed by atoms with E-state index in [1.165, 1.54) is 0 Å². The zero-order valence-electron chi connectivity index (χ0n) is 14.4. The van der Waals surface area contributed by atoms with Crippen molar-refractivity contribution in [3.05, 3.63) is 71.3 Å². The summed E-state index contributed by atoms with van der Waals surface area (Å²) in [6.07, 6.45) is 0. The molecule has 0 spiro atoms. The Morgan fingerprint density at radius 2 is 1.68 bits per heavy atom. The molecule has 3 aromatic rings. The fraction of sp³-hybridized carbons (Fsp3) is 0.211. The molecule has 0 fully saturated rings. The zero-order valence-corrected chi connectivity index (χ0v) is 15.2. The second-order valence-corrected chi connectivity index (χ2v) is 7.68. The predicted molar refractivity (Wildman–Crippen MR) is 96.6 cm³/mol. The summed E-state index contributed by atoms with van der Waals surface area (Å²) in [5.74, 6) is 1.30. The van der Waals surface area contributed by atoms with Crippen molar-refractivity contribution in [1.29, 1.82) is 0 Å². The second kappa shape index (κ2) is 6.82. The van der Waals surface area contributed by atoms with Crippen molar-refractivity contribution in [3.63, 3.8) is 0 Å². The summed E-state index contributed by atoms with van der Waals surface area (Å²) < 4.78 is 33.0. The largest absolute Gasteiger partial charge is 0.446 e. The molecule has 0 radical (unpaired) electrons. The lowest BCUT2D eigenvalue weighted by atomic mass is 10.1. The molecule has 3 rings (SSSR count). The first kappa shape index (κ1) is 17.4. The number of oxazole rings is 1. The summed E-state index contributed by atoms with van der Waals surface area (Å²) in [5.41, 5.74) is 3.57. The van der Waals surface area contributed by atoms with Gasteiger partial charge >= 0.3 is 0 Å². The van der Waals surface area contributed by atoms with E-state index in [0.29, 0.717) is 11.7 Å². The Kier molecular flexibility index (Phi) is 4.74. The van der Waals surface area contributed by atoms with E-state index in [2.05, 4.69) is 9.71 Å². The van der Waals surface area contributed by atoms with Crippen LogP contribution in [0.1, 0.15) is 22.8 Å². The van der Waals surface area contributed by atoms with Crippen molar-refractivity contribution >= 4 is 10.0 Å². The van der Waals surface area contributed by atoms with Crippen LogP contribution >= 0.6 is 0 Å². The molecule has 0 bridgehead atoms. The predicted octanol–water partition coefficient (Wildman–Crippen LogP) is 3.75. The molecule has 0 amide bonds. The van der Waals surface area contributed by atoms with Gasteiger partial charge < -0.3 is 4.42 Å². The van der Waals surface area contributed by atoms with E-state index in [4.69, 9.17) is 4.42 Å². The average molecular weight is 356 g/mol. The molecule has 0 atom stereocenters. The van der Waals surface area contributed by atoms with Gasteiger partial charge in [-0.3, -0.25) is 0 Å². The van der Waals surface area contributed by atoms with Crippen molar-refractivity contribution in [2.45, 2.75) is 32.2 Å². The van der Waals surface area contributed by atoms with E-state index < -0.39 is 10.0 Å². The highest BCUT2D eigenvalue weighted by Gasteiger charge is 2.15. The molecule has 5 nitrogen and oxygen atoms in total. The van der Waals surface area contributed by atoms with Crippen LogP contribution in [0.4, 0.5) is 0 Å². The maximum absolute atomic E-state index is 12.5. The number of sulfonamides is 1. The second-order valence-electron chi connectivity index (χ2n) is 5.91. The SMILES string of the molecule is Cc1nc(-c2ccc(S(=O)(=O)NCc3ccccc3C)cc2)c(C)o1. The quantitative estimate of drug-likeness (QED) is 0.756. The number of aromatic nitrogens is 1. The van der Waals surface area contributed by atoms with Crippen molar-refractivity contribution in [2.24, 2.45) is 0 Å². The topological polar surface area (TPSA) is 72.2 Å². The standard InChI is InChI=1S/C19H20N2O3S/c1-13-6-4-5-7-17(13)12-20-25(22,23)18-10-8-16(9-11-18)19-14(2)24-15(3)21-19/h4-11,20H,12H2,1-3H3. The lowest BCUT2D eigenvalue weighted by Gasteiger charge is -2.09. The molecule has 1 aromatic heterocycles. The van der Waals surface area contributed by atoms with Crippen LogP contribution in [0.3, 0.4) is 0 Å². The molecule has 0 aliphatic carbocycles. The lowest BCUT2D eigenvalue weighted by Crippen LogP contribution is -2.23. The number of benzene rings is 2. The molecular formula is C19H20N2O3S. The summed E-state index contributed by atoms with van der Waals surface area (Å²) in [6.45, 7) is 5.84. The highest BCUT2D eigenvalue weighted by molar-refractivity contribution is 7.89. The van der Waals surface area contributed by atoms with Gasteiger partial charge in [0.25, 0.3) is 0 Å². The van der Waals surface area contributed by atoms with Gasteiger partial charge in [0.1, 0.15) is 11.5 Å². The Labute approximate surface area is 147 Å². The number of aryl methyl sites for hydroxylation is 3. The first-order chi connectivity index (χ1) is 11.9. The van der Waals surface area contributed by atoms with Gasteiger partial charge in [0.05, 0.1) is 4.90 Å². The number of hydrogen-bond donors (Lipinski definition) is 1. The first-order valence-corrected chi connectivity index (χ1v) is 9.44. The molecule has 25 heavy (non-hydrogen) atoms. The first-order valence-electron chi connectivity index (χ1n) is 7.95. The van der Waals surface area contributed by atoms with Crippen LogP contribution in [0.5, 0.6) is 0 Å². The summed E-state index contributed by atoms with van der Waals surface area (Å²) >= 11 is 0. The van der Waals surface area contributed by atoms with E-state index in [1.807, 2.05) is 38.1 Å². The van der Waals surface area contributed by atoms with Crippen LogP contribution in [0.25, 0.3) is 11.3 Å². The van der Waals surface area contributed by atoms with Crippen molar-refractivity contribution in [3.8, 4) is 11.3 Å². The Morgan fingerprint density at radius 3 is 2.28 bits per heavy atom. The number of nitrogens with one attached hydrogen (secondary N) is 1. The van der Waals surface area contributed by atoms with E-state index >= 15 is 0 Å². The summed E-state index contributed by atoms with van der Waals surface area (Å²) in [6, 6.07) is 14.3. The van der Waals surface area contributed by atoms with Crippen LogP contribution in [0.15, 0.2) is 57.8 Å². The van der Waals surface area contributed by atoms with Crippen molar-refractivity contribution in [1.82, 2.24) is 9.71 Å². The van der Waals surface area contributed by atoms with Gasteiger partial charge in [-0.15, -0.1) is 0 Å². The molecule has 0 aliphatic heterocycles. The van der Waals surface area contributed by atoms with Crippen molar-refractivity contribution < 1.29 is 12.8 Å². The van der Waals surface area contributed by atoms with E-state index in [0.717, 1.165) is 22.4 Å². The van der Waals surface area contributed by atoms with E-state index in [1.54, 1.807) is 31.2 Å². The maximum atomic E-state index is 12.5. The minimum Gasteiger partial charge on any atom is -0.446 e. The molecule has 130 valence electrons. The molecule has 2 aromatic carbocycles. The third-order valence-corrected chi connectivity index (χ3v) is 5.47. The van der Waals surface area contributed by atoms with Crippen molar-refractivity contribution in [2.75, 3.05) is 0 Å². The normalized spacial score (nSPS) is 11.6. The average Bonchev–Trinajstić information content (AvgIpc) is 2.93. The van der Waals surface area contributed by atoms with Crippen LogP contribution in [-0.2, 0) is 16.6 Å². The van der Waals surface area contributed by atoms with E-state index in [-0.39, 0.29) is 11.4 Å².